The van der Waals surface area contributed by atoms with Gasteiger partial charge in [0.05, 0.1) is 5.25 Å². The summed E-state index contributed by atoms with van der Waals surface area (Å²) in [6.07, 6.45) is 0. The first-order valence-electron chi connectivity index (χ1n) is 7.57. The first-order valence-corrected chi connectivity index (χ1v) is 8.45. The van der Waals surface area contributed by atoms with E-state index in [1.807, 2.05) is 32.0 Å². The topological polar surface area (TPSA) is 97.1 Å². The number of hydrogen-bond acceptors (Lipinski definition) is 6. The summed E-state index contributed by atoms with van der Waals surface area (Å²) >= 11 is 1.10. The summed E-state index contributed by atoms with van der Waals surface area (Å²) in [4.78, 5) is 23.3. The maximum Gasteiger partial charge on any atom is 0.321 e. The molecule has 2 N–H and O–H groups in total. The normalized spacial score (nSPS) is 11.8. The second-order valence-electron chi connectivity index (χ2n) is 5.28. The highest BCUT2D eigenvalue weighted by Gasteiger charge is 2.20. The van der Waals surface area contributed by atoms with E-state index >= 15 is 0 Å². The fourth-order valence-corrected chi connectivity index (χ4v) is 2.55. The molecular weight excluding hydrogens is 328 g/mol. The maximum absolute atomic E-state index is 11.9. The Bertz CT molecular complexity index is 745. The summed E-state index contributed by atoms with van der Waals surface area (Å²) in [6.45, 7) is 7.93. The van der Waals surface area contributed by atoms with Crippen LogP contribution >= 0.6 is 11.8 Å². The summed E-state index contributed by atoms with van der Waals surface area (Å²) in [5.74, 6) is -0.0196. The summed E-state index contributed by atoms with van der Waals surface area (Å²) in [5.41, 5.74) is 3.15. The molecule has 24 heavy (non-hydrogen) atoms. The first kappa shape index (κ1) is 18.0. The van der Waals surface area contributed by atoms with Gasteiger partial charge in [0, 0.05) is 12.1 Å². The highest BCUT2D eigenvalue weighted by molar-refractivity contribution is 8.00. The van der Waals surface area contributed by atoms with Crippen LogP contribution < -0.4 is 10.6 Å². The van der Waals surface area contributed by atoms with Crippen LogP contribution in [0.5, 0.6) is 0 Å². The second-order valence-corrected chi connectivity index (χ2v) is 6.57. The molecule has 0 saturated carbocycles. The van der Waals surface area contributed by atoms with E-state index in [2.05, 4.69) is 20.8 Å². The van der Waals surface area contributed by atoms with Gasteiger partial charge >= 0.3 is 6.03 Å². The van der Waals surface area contributed by atoms with Crippen molar-refractivity contribution >= 4 is 23.7 Å². The van der Waals surface area contributed by atoms with Crippen molar-refractivity contribution in [3.8, 4) is 11.5 Å². The Morgan fingerprint density at radius 2 is 2.00 bits per heavy atom. The number of aromatic nitrogens is 2. The van der Waals surface area contributed by atoms with Crippen molar-refractivity contribution in [2.45, 2.75) is 38.2 Å². The van der Waals surface area contributed by atoms with Crippen LogP contribution in [0.15, 0.2) is 27.8 Å². The lowest BCUT2D eigenvalue weighted by Gasteiger charge is -2.08. The van der Waals surface area contributed by atoms with Gasteiger partial charge in [0.2, 0.25) is 11.8 Å². The molecule has 1 aromatic heterocycles. The van der Waals surface area contributed by atoms with Crippen LogP contribution in [-0.4, -0.2) is 33.9 Å². The SMILES string of the molecule is CCNC(=O)NC(=O)[C@H](C)Sc1nnc(-c2ccc(C)c(C)c2)o1. The standard InChI is InChI=1S/C16H20N4O3S/c1-5-17-15(22)18-13(21)11(4)24-16-20-19-14(23-16)12-7-6-9(2)10(3)8-12/h6-8,11H,5H2,1-4H3,(H2,17,18,21,22)/t11-/m0/s1. The Labute approximate surface area is 144 Å². The Balaban J connectivity index is 2.01. The number of nitrogens with zero attached hydrogens (tertiary/aromatic N) is 2. The van der Waals surface area contributed by atoms with Crippen molar-refractivity contribution < 1.29 is 14.0 Å². The van der Waals surface area contributed by atoms with Crippen LogP contribution in [-0.2, 0) is 4.79 Å². The smallest absolute Gasteiger partial charge is 0.321 e. The lowest BCUT2D eigenvalue weighted by Crippen LogP contribution is -2.42. The summed E-state index contributed by atoms with van der Waals surface area (Å²) in [6, 6.07) is 5.36. The highest BCUT2D eigenvalue weighted by atomic mass is 32.2. The first-order chi connectivity index (χ1) is 11.4. The number of thioether (sulfide) groups is 1. The van der Waals surface area contributed by atoms with E-state index < -0.39 is 17.2 Å². The molecule has 0 saturated heterocycles. The number of hydrogen-bond donors (Lipinski definition) is 2. The molecule has 0 bridgehead atoms. The monoisotopic (exact) mass is 348 g/mol. The Morgan fingerprint density at radius 1 is 1.25 bits per heavy atom. The number of carbonyl (C=O) groups is 2. The van der Waals surface area contributed by atoms with E-state index in [1.54, 1.807) is 13.8 Å². The molecule has 0 spiro atoms. The molecule has 7 nitrogen and oxygen atoms in total. The number of urea groups is 1. The van der Waals surface area contributed by atoms with Gasteiger partial charge in [-0.15, -0.1) is 10.2 Å². The molecule has 128 valence electrons. The Hall–Kier alpha value is -2.35. The van der Waals surface area contributed by atoms with Crippen molar-refractivity contribution in [2.75, 3.05) is 6.54 Å². The van der Waals surface area contributed by atoms with Gasteiger partial charge in [0.25, 0.3) is 5.22 Å². The number of imide groups is 1. The fraction of sp³-hybridized carbons (Fsp3) is 0.375. The van der Waals surface area contributed by atoms with Gasteiger partial charge in [0.15, 0.2) is 0 Å². The zero-order chi connectivity index (χ0) is 17.7. The molecule has 1 atom stereocenters. The molecule has 1 heterocycles. The van der Waals surface area contributed by atoms with Crippen LogP contribution in [0.4, 0.5) is 4.79 Å². The molecule has 0 aliphatic heterocycles. The minimum absolute atomic E-state index is 0.279. The number of carbonyl (C=O) groups excluding carboxylic acids is 2. The average molecular weight is 348 g/mol. The molecule has 8 heteroatoms. The lowest BCUT2D eigenvalue weighted by atomic mass is 10.1. The quantitative estimate of drug-likeness (QED) is 0.806. The van der Waals surface area contributed by atoms with E-state index in [0.717, 1.165) is 22.9 Å². The zero-order valence-electron chi connectivity index (χ0n) is 14.0. The van der Waals surface area contributed by atoms with Gasteiger partial charge in [-0.2, -0.15) is 0 Å². The van der Waals surface area contributed by atoms with Crippen molar-refractivity contribution in [3.05, 3.63) is 29.3 Å². The Kier molecular flexibility index (Phi) is 5.97. The number of amides is 3. The number of rotatable bonds is 5. The summed E-state index contributed by atoms with van der Waals surface area (Å²) in [5, 5.41) is 12.5. The summed E-state index contributed by atoms with van der Waals surface area (Å²) < 4.78 is 5.60. The van der Waals surface area contributed by atoms with Crippen molar-refractivity contribution in [3.63, 3.8) is 0 Å². The highest BCUT2D eigenvalue weighted by Crippen LogP contribution is 2.27. The van der Waals surface area contributed by atoms with Gasteiger partial charge in [-0.05, 0) is 51.0 Å². The molecule has 1 aromatic carbocycles. The predicted octanol–water partition coefficient (Wildman–Crippen LogP) is 2.68. The molecule has 2 rings (SSSR count). The number of aryl methyl sites for hydroxylation is 2. The van der Waals surface area contributed by atoms with Crippen LogP contribution in [0.25, 0.3) is 11.5 Å². The molecule has 0 aliphatic rings. The maximum atomic E-state index is 11.9. The van der Waals surface area contributed by atoms with Crippen LogP contribution in [0.2, 0.25) is 0 Å². The van der Waals surface area contributed by atoms with Gasteiger partial charge in [-0.3, -0.25) is 10.1 Å². The van der Waals surface area contributed by atoms with E-state index in [0.29, 0.717) is 12.4 Å². The Morgan fingerprint density at radius 3 is 2.67 bits per heavy atom. The van der Waals surface area contributed by atoms with Gasteiger partial charge in [-0.1, -0.05) is 17.8 Å². The third-order valence-electron chi connectivity index (χ3n) is 3.38. The number of benzene rings is 1. The van der Waals surface area contributed by atoms with Crippen LogP contribution in [0.1, 0.15) is 25.0 Å². The largest absolute Gasteiger partial charge is 0.411 e. The summed E-state index contributed by atoms with van der Waals surface area (Å²) in [7, 11) is 0. The van der Waals surface area contributed by atoms with Crippen molar-refractivity contribution in [1.29, 1.82) is 0 Å². The van der Waals surface area contributed by atoms with Gasteiger partial charge in [0.1, 0.15) is 0 Å². The van der Waals surface area contributed by atoms with E-state index in [1.165, 1.54) is 5.56 Å². The molecular formula is C16H20N4O3S. The minimum Gasteiger partial charge on any atom is -0.411 e. The second kappa shape index (κ2) is 7.96. The van der Waals surface area contributed by atoms with Crippen molar-refractivity contribution in [2.24, 2.45) is 0 Å². The molecule has 0 aliphatic carbocycles. The van der Waals surface area contributed by atoms with Crippen molar-refractivity contribution in [1.82, 2.24) is 20.8 Å². The molecule has 3 amide bonds. The zero-order valence-corrected chi connectivity index (χ0v) is 14.9. The van der Waals surface area contributed by atoms with E-state index in [-0.39, 0.29) is 5.22 Å². The lowest BCUT2D eigenvalue weighted by molar-refractivity contribution is -0.119. The fourth-order valence-electron chi connectivity index (χ4n) is 1.87. The van der Waals surface area contributed by atoms with Crippen LogP contribution in [0, 0.1) is 13.8 Å². The van der Waals surface area contributed by atoms with Gasteiger partial charge in [-0.25, -0.2) is 4.79 Å². The van der Waals surface area contributed by atoms with Gasteiger partial charge < -0.3 is 9.73 Å². The minimum atomic E-state index is -0.541. The third-order valence-corrected chi connectivity index (χ3v) is 4.32. The third kappa shape index (κ3) is 4.58. The molecule has 0 radical (unpaired) electrons. The molecule has 2 aromatic rings. The van der Waals surface area contributed by atoms with E-state index in [4.69, 9.17) is 4.42 Å². The number of nitrogens with one attached hydrogen (secondary N) is 2. The molecule has 0 fully saturated rings. The van der Waals surface area contributed by atoms with E-state index in [9.17, 15) is 9.59 Å². The predicted molar refractivity (Wildman–Crippen MR) is 91.7 cm³/mol. The molecule has 0 unspecified atom stereocenters. The van der Waals surface area contributed by atoms with Crippen LogP contribution in [0.3, 0.4) is 0 Å². The average Bonchev–Trinajstić information content (AvgIpc) is 2.98.